The molecule has 0 aromatic heterocycles. The van der Waals surface area contributed by atoms with E-state index in [1.807, 2.05) is 6.92 Å². The number of nitro groups is 1. The molecule has 1 heterocycles. The third-order valence-corrected chi connectivity index (χ3v) is 5.27. The molecule has 2 aliphatic rings. The molecule has 2 fully saturated rings. The normalized spacial score (nSPS) is 19.6. The molecule has 0 radical (unpaired) electrons. The quantitative estimate of drug-likeness (QED) is 0.630. The summed E-state index contributed by atoms with van der Waals surface area (Å²) in [6.07, 6.45) is 4.22. The van der Waals surface area contributed by atoms with E-state index in [1.54, 1.807) is 12.1 Å². The number of ether oxygens (including phenoxy) is 1. The van der Waals surface area contributed by atoms with Crippen molar-refractivity contribution in [3.05, 3.63) is 27.8 Å². The molecule has 23 heavy (non-hydrogen) atoms. The molecular weight excluding hydrogens is 296 g/mol. The molecular formula is C17H22N2O4. The Bertz CT molecular complexity index is 638. The van der Waals surface area contributed by atoms with Crippen molar-refractivity contribution in [1.82, 2.24) is 0 Å². The van der Waals surface area contributed by atoms with Gasteiger partial charge in [0.1, 0.15) is 5.78 Å². The first-order valence-corrected chi connectivity index (χ1v) is 8.10. The van der Waals surface area contributed by atoms with Crippen molar-refractivity contribution in [3.63, 3.8) is 0 Å². The van der Waals surface area contributed by atoms with Crippen LogP contribution in [0.4, 0.5) is 11.4 Å². The molecule has 6 nitrogen and oxygen atoms in total. The molecule has 3 rings (SSSR count). The third-order valence-electron chi connectivity index (χ3n) is 5.27. The second-order valence-electron chi connectivity index (χ2n) is 6.64. The van der Waals surface area contributed by atoms with Gasteiger partial charge in [-0.2, -0.15) is 0 Å². The number of nitrogens with zero attached hydrogens (tertiary/aromatic N) is 2. The number of benzene rings is 1. The summed E-state index contributed by atoms with van der Waals surface area (Å²) in [5, 5.41) is 11.2. The Kier molecular flexibility index (Phi) is 4.00. The maximum atomic E-state index is 11.3. The van der Waals surface area contributed by atoms with Crippen molar-refractivity contribution in [2.24, 2.45) is 5.41 Å². The molecule has 1 aromatic rings. The van der Waals surface area contributed by atoms with Gasteiger partial charge in [-0.15, -0.1) is 0 Å². The number of carbonyl (C=O) groups is 1. The highest BCUT2D eigenvalue weighted by molar-refractivity contribution is 5.86. The largest absolute Gasteiger partial charge is 0.490 e. The van der Waals surface area contributed by atoms with Gasteiger partial charge in [-0.3, -0.25) is 14.9 Å². The predicted octanol–water partition coefficient (Wildman–Crippen LogP) is 3.12. The summed E-state index contributed by atoms with van der Waals surface area (Å²) in [5.74, 6) is 0.686. The Balaban J connectivity index is 1.85. The van der Waals surface area contributed by atoms with Gasteiger partial charge in [-0.25, -0.2) is 0 Å². The summed E-state index contributed by atoms with van der Waals surface area (Å²) in [6.45, 7) is 3.79. The van der Waals surface area contributed by atoms with Crippen LogP contribution in [0.15, 0.2) is 12.1 Å². The summed E-state index contributed by atoms with van der Waals surface area (Å²) in [7, 11) is 1.46. The second kappa shape index (κ2) is 5.83. The number of rotatable bonds is 4. The Labute approximate surface area is 135 Å². The van der Waals surface area contributed by atoms with Crippen molar-refractivity contribution in [3.8, 4) is 5.75 Å². The number of hydrogen-bond acceptors (Lipinski definition) is 5. The van der Waals surface area contributed by atoms with Gasteiger partial charge >= 0.3 is 5.69 Å². The van der Waals surface area contributed by atoms with Gasteiger partial charge in [0.15, 0.2) is 5.75 Å². The highest BCUT2D eigenvalue weighted by Gasteiger charge is 2.45. The van der Waals surface area contributed by atoms with Gasteiger partial charge in [0.2, 0.25) is 0 Å². The molecule has 1 aliphatic carbocycles. The van der Waals surface area contributed by atoms with Gasteiger partial charge in [0, 0.05) is 43.8 Å². The van der Waals surface area contributed by atoms with E-state index in [2.05, 4.69) is 4.90 Å². The van der Waals surface area contributed by atoms with Crippen LogP contribution in [-0.4, -0.2) is 30.9 Å². The topological polar surface area (TPSA) is 72.7 Å². The third kappa shape index (κ3) is 2.78. The monoisotopic (exact) mass is 318 g/mol. The highest BCUT2D eigenvalue weighted by atomic mass is 16.6. The van der Waals surface area contributed by atoms with Gasteiger partial charge in [0.25, 0.3) is 0 Å². The van der Waals surface area contributed by atoms with Crippen molar-refractivity contribution < 1.29 is 14.5 Å². The van der Waals surface area contributed by atoms with E-state index < -0.39 is 4.92 Å². The first kappa shape index (κ1) is 15.8. The Morgan fingerprint density at radius 3 is 2.43 bits per heavy atom. The van der Waals surface area contributed by atoms with Gasteiger partial charge in [0.05, 0.1) is 12.0 Å². The molecule has 1 saturated carbocycles. The molecule has 1 spiro atoms. The lowest BCUT2D eigenvalue weighted by Crippen LogP contribution is -2.47. The fraction of sp³-hybridized carbons (Fsp3) is 0.588. The zero-order valence-corrected chi connectivity index (χ0v) is 13.6. The van der Waals surface area contributed by atoms with Crippen LogP contribution in [0, 0.1) is 15.5 Å². The highest BCUT2D eigenvalue weighted by Crippen LogP contribution is 2.48. The minimum Gasteiger partial charge on any atom is -0.490 e. The van der Waals surface area contributed by atoms with Crippen molar-refractivity contribution in [1.29, 1.82) is 0 Å². The summed E-state index contributed by atoms with van der Waals surface area (Å²) >= 11 is 0. The number of methoxy groups -OCH3 is 1. The number of ketones is 1. The molecule has 0 unspecified atom stereocenters. The minimum atomic E-state index is -0.396. The number of hydrogen-bond donors (Lipinski definition) is 0. The van der Waals surface area contributed by atoms with Gasteiger partial charge in [-0.05, 0) is 30.2 Å². The minimum absolute atomic E-state index is 0.0196. The van der Waals surface area contributed by atoms with E-state index in [-0.39, 0.29) is 11.1 Å². The molecule has 0 atom stereocenters. The van der Waals surface area contributed by atoms with Crippen LogP contribution in [0.3, 0.4) is 0 Å². The number of aryl methyl sites for hydroxylation is 1. The number of piperidine rings is 1. The average Bonchev–Trinajstić information content (AvgIpc) is 2.53. The number of Topliss-reactive ketones (excluding diaryl/α,β-unsaturated/α-hetero) is 1. The number of carbonyl (C=O) groups excluding carboxylic acids is 1. The molecule has 124 valence electrons. The lowest BCUT2D eigenvalue weighted by Gasteiger charge is -2.47. The van der Waals surface area contributed by atoms with Crippen LogP contribution in [0.5, 0.6) is 5.75 Å². The molecule has 1 saturated heterocycles. The van der Waals surface area contributed by atoms with E-state index in [0.29, 0.717) is 11.5 Å². The van der Waals surface area contributed by atoms with Crippen LogP contribution < -0.4 is 9.64 Å². The van der Waals surface area contributed by atoms with Gasteiger partial charge in [-0.1, -0.05) is 6.92 Å². The number of anilines is 1. The maximum Gasteiger partial charge on any atom is 0.311 e. The zero-order valence-electron chi connectivity index (χ0n) is 13.6. The first-order valence-electron chi connectivity index (χ1n) is 8.10. The lowest BCUT2D eigenvalue weighted by molar-refractivity contribution is -0.385. The Morgan fingerprint density at radius 1 is 1.30 bits per heavy atom. The van der Waals surface area contributed by atoms with E-state index in [0.717, 1.165) is 56.4 Å². The van der Waals surface area contributed by atoms with Crippen molar-refractivity contribution in [2.45, 2.75) is 39.0 Å². The summed E-state index contributed by atoms with van der Waals surface area (Å²) in [5.41, 5.74) is 2.24. The van der Waals surface area contributed by atoms with E-state index in [4.69, 9.17) is 4.74 Å². The fourth-order valence-electron chi connectivity index (χ4n) is 3.84. The maximum absolute atomic E-state index is 11.3. The predicted molar refractivity (Wildman–Crippen MR) is 87.1 cm³/mol. The van der Waals surface area contributed by atoms with Crippen LogP contribution in [0.2, 0.25) is 0 Å². The fourth-order valence-corrected chi connectivity index (χ4v) is 3.84. The molecule has 6 heteroatoms. The number of nitro benzene ring substituents is 1. The Hall–Kier alpha value is -2.11. The van der Waals surface area contributed by atoms with E-state index >= 15 is 0 Å². The lowest BCUT2D eigenvalue weighted by atomic mass is 9.62. The molecule has 0 amide bonds. The smallest absolute Gasteiger partial charge is 0.311 e. The molecule has 1 aliphatic heterocycles. The SMILES string of the molecule is CCc1cc([N+](=O)[O-])c(OC)cc1N1CCC2(CC1)CC(=O)C2. The van der Waals surface area contributed by atoms with Crippen molar-refractivity contribution >= 4 is 17.2 Å². The van der Waals surface area contributed by atoms with Gasteiger partial charge < -0.3 is 9.64 Å². The molecule has 0 bridgehead atoms. The van der Waals surface area contributed by atoms with E-state index in [1.165, 1.54) is 7.11 Å². The van der Waals surface area contributed by atoms with Crippen LogP contribution in [0.25, 0.3) is 0 Å². The average molecular weight is 318 g/mol. The summed E-state index contributed by atoms with van der Waals surface area (Å²) in [6, 6.07) is 3.42. The second-order valence-corrected chi connectivity index (χ2v) is 6.64. The van der Waals surface area contributed by atoms with Crippen molar-refractivity contribution in [2.75, 3.05) is 25.1 Å². The van der Waals surface area contributed by atoms with Crippen LogP contribution >= 0.6 is 0 Å². The first-order chi connectivity index (χ1) is 11.0. The van der Waals surface area contributed by atoms with E-state index in [9.17, 15) is 14.9 Å². The van der Waals surface area contributed by atoms with Crippen LogP contribution in [0.1, 0.15) is 38.2 Å². The Morgan fingerprint density at radius 2 is 1.96 bits per heavy atom. The summed E-state index contributed by atoms with van der Waals surface area (Å²) in [4.78, 5) is 24.4. The molecule has 0 N–H and O–H groups in total. The zero-order chi connectivity index (χ0) is 16.6. The molecule has 1 aromatic carbocycles. The van der Waals surface area contributed by atoms with Crippen LogP contribution in [-0.2, 0) is 11.2 Å². The summed E-state index contributed by atoms with van der Waals surface area (Å²) < 4.78 is 5.21. The standard InChI is InChI=1S/C17H22N2O4/c1-3-12-8-15(19(21)22)16(23-2)9-14(12)18-6-4-17(5-7-18)10-13(20)11-17/h8-9H,3-7,10-11H2,1-2H3.